The first-order valence-corrected chi connectivity index (χ1v) is 8.39. The van der Waals surface area contributed by atoms with Gasteiger partial charge in [-0.05, 0) is 50.1 Å². The lowest BCUT2D eigenvalue weighted by Crippen LogP contribution is -2.32. The van der Waals surface area contributed by atoms with E-state index in [2.05, 4.69) is 27.2 Å². The Morgan fingerprint density at radius 1 is 1.32 bits per heavy atom. The van der Waals surface area contributed by atoms with Crippen molar-refractivity contribution in [3.05, 3.63) is 48.9 Å². The molecule has 1 aliphatic rings. The molecule has 1 aliphatic carbocycles. The van der Waals surface area contributed by atoms with Crippen molar-refractivity contribution < 1.29 is 4.79 Å². The van der Waals surface area contributed by atoms with Crippen molar-refractivity contribution in [2.45, 2.75) is 31.7 Å². The third-order valence-corrected chi connectivity index (χ3v) is 4.40. The van der Waals surface area contributed by atoms with Crippen LogP contribution in [0.15, 0.2) is 53.9 Å². The van der Waals surface area contributed by atoms with Gasteiger partial charge in [-0.25, -0.2) is 4.99 Å². The van der Waals surface area contributed by atoms with Crippen molar-refractivity contribution >= 4 is 23.2 Å². The number of benzene rings is 1. The number of carbonyl (C=O) groups is 1. The normalized spacial score (nSPS) is 21.5. The van der Waals surface area contributed by atoms with Crippen LogP contribution in [0.25, 0.3) is 11.0 Å². The molecule has 0 unspecified atom stereocenters. The molecule has 1 aromatic carbocycles. The molecular weight excluding hydrogens is 316 g/mol. The SMILES string of the molecule is C=C(N=C(/C=C\N)n1nnc2ccccc21)NC1CCC(C=O)CC1. The number of aromatic nitrogens is 3. The van der Waals surface area contributed by atoms with Crippen molar-refractivity contribution in [2.24, 2.45) is 16.6 Å². The van der Waals surface area contributed by atoms with Gasteiger partial charge in [0.1, 0.15) is 17.6 Å². The summed E-state index contributed by atoms with van der Waals surface area (Å²) in [6, 6.07) is 7.92. The maximum absolute atomic E-state index is 10.8. The number of carbonyl (C=O) groups excluding carboxylic acids is 1. The van der Waals surface area contributed by atoms with Gasteiger partial charge in [0.15, 0.2) is 5.84 Å². The van der Waals surface area contributed by atoms with Crippen molar-refractivity contribution in [3.8, 4) is 0 Å². The van der Waals surface area contributed by atoms with Gasteiger partial charge in [-0.1, -0.05) is 23.9 Å². The van der Waals surface area contributed by atoms with Crippen molar-refractivity contribution in [1.82, 2.24) is 20.3 Å². The van der Waals surface area contributed by atoms with Gasteiger partial charge in [0.25, 0.3) is 0 Å². The van der Waals surface area contributed by atoms with E-state index in [9.17, 15) is 4.79 Å². The molecule has 2 aromatic rings. The van der Waals surface area contributed by atoms with Gasteiger partial charge in [-0.15, -0.1) is 5.10 Å². The zero-order chi connectivity index (χ0) is 17.6. The molecule has 0 atom stereocenters. The maximum Gasteiger partial charge on any atom is 0.159 e. The van der Waals surface area contributed by atoms with Gasteiger partial charge in [0.2, 0.25) is 0 Å². The zero-order valence-electron chi connectivity index (χ0n) is 14.0. The van der Waals surface area contributed by atoms with Gasteiger partial charge >= 0.3 is 0 Å². The van der Waals surface area contributed by atoms with E-state index in [-0.39, 0.29) is 12.0 Å². The van der Waals surface area contributed by atoms with E-state index in [0.717, 1.165) is 43.0 Å². The van der Waals surface area contributed by atoms with E-state index in [1.807, 2.05) is 24.3 Å². The molecule has 1 saturated carbocycles. The van der Waals surface area contributed by atoms with Crippen molar-refractivity contribution in [1.29, 1.82) is 0 Å². The molecule has 3 N–H and O–H groups in total. The van der Waals surface area contributed by atoms with E-state index >= 15 is 0 Å². The third kappa shape index (κ3) is 3.93. The Bertz CT molecular complexity index is 814. The minimum absolute atomic E-state index is 0.187. The number of aliphatic imine (C=N–C) groups is 1. The standard InChI is InChI=1S/C18H22N6O/c1-13(20-15-8-6-14(12-25)7-9-15)21-18(10-11-19)24-17-5-3-2-4-16(17)22-23-24/h2-5,10-12,14-15,20H,1,6-9,19H2/b11-10-,21-18?. The zero-order valence-corrected chi connectivity index (χ0v) is 14.0. The highest BCUT2D eigenvalue weighted by Crippen LogP contribution is 2.23. The fraction of sp³-hybridized carbons (Fsp3) is 0.333. The molecule has 7 nitrogen and oxygen atoms in total. The van der Waals surface area contributed by atoms with Crippen LogP contribution in [-0.2, 0) is 4.79 Å². The third-order valence-electron chi connectivity index (χ3n) is 4.40. The highest BCUT2D eigenvalue weighted by Gasteiger charge is 2.20. The summed E-state index contributed by atoms with van der Waals surface area (Å²) in [5.74, 6) is 1.27. The maximum atomic E-state index is 10.8. The van der Waals surface area contributed by atoms with Crippen molar-refractivity contribution in [2.75, 3.05) is 0 Å². The summed E-state index contributed by atoms with van der Waals surface area (Å²) in [6.07, 6.45) is 7.82. The van der Waals surface area contributed by atoms with E-state index in [1.54, 1.807) is 10.8 Å². The predicted octanol–water partition coefficient (Wildman–Crippen LogP) is 1.97. The summed E-state index contributed by atoms with van der Waals surface area (Å²) in [6.45, 7) is 4.00. The number of aldehydes is 1. The Morgan fingerprint density at radius 2 is 2.08 bits per heavy atom. The number of hydrogen-bond acceptors (Lipinski definition) is 6. The highest BCUT2D eigenvalue weighted by atomic mass is 16.1. The van der Waals surface area contributed by atoms with Crippen molar-refractivity contribution in [3.63, 3.8) is 0 Å². The Hall–Kier alpha value is -2.96. The average molecular weight is 338 g/mol. The lowest BCUT2D eigenvalue weighted by atomic mass is 9.87. The number of rotatable bonds is 5. The Balaban J connectivity index is 1.76. The van der Waals surface area contributed by atoms with Crippen LogP contribution in [0.3, 0.4) is 0 Å². The minimum Gasteiger partial charge on any atom is -0.404 e. The molecule has 1 fully saturated rings. The van der Waals surface area contributed by atoms with E-state index in [0.29, 0.717) is 11.7 Å². The van der Waals surface area contributed by atoms with Crippen LogP contribution in [0, 0.1) is 5.92 Å². The Kier molecular flexibility index (Phi) is 5.23. The highest BCUT2D eigenvalue weighted by molar-refractivity contribution is 5.99. The first-order chi connectivity index (χ1) is 12.2. The summed E-state index contributed by atoms with van der Waals surface area (Å²) in [4.78, 5) is 15.4. The van der Waals surface area contributed by atoms with Crippen LogP contribution in [0.2, 0.25) is 0 Å². The first-order valence-electron chi connectivity index (χ1n) is 8.39. The van der Waals surface area contributed by atoms with Crippen LogP contribution in [0.1, 0.15) is 25.7 Å². The summed E-state index contributed by atoms with van der Waals surface area (Å²) >= 11 is 0. The lowest BCUT2D eigenvalue weighted by Gasteiger charge is -2.26. The van der Waals surface area contributed by atoms with Crippen LogP contribution >= 0.6 is 0 Å². The fourth-order valence-electron chi connectivity index (χ4n) is 3.09. The number of nitrogens with two attached hydrogens (primary N) is 1. The molecular formula is C18H22N6O. The summed E-state index contributed by atoms with van der Waals surface area (Å²) in [7, 11) is 0. The number of allylic oxidation sites excluding steroid dienone is 1. The second-order valence-corrected chi connectivity index (χ2v) is 6.16. The van der Waals surface area contributed by atoms with Gasteiger partial charge in [0.05, 0.1) is 5.52 Å². The average Bonchev–Trinajstić information content (AvgIpc) is 3.06. The number of fused-ring (bicyclic) bond motifs is 1. The van der Waals surface area contributed by atoms with Gasteiger partial charge < -0.3 is 15.8 Å². The fourth-order valence-corrected chi connectivity index (χ4v) is 3.09. The molecule has 0 saturated heterocycles. The molecule has 0 radical (unpaired) electrons. The summed E-state index contributed by atoms with van der Waals surface area (Å²) < 4.78 is 1.63. The van der Waals surface area contributed by atoms with Crippen LogP contribution < -0.4 is 11.1 Å². The molecule has 0 aliphatic heterocycles. The Morgan fingerprint density at radius 3 is 2.80 bits per heavy atom. The molecule has 25 heavy (non-hydrogen) atoms. The number of nitrogens with one attached hydrogen (secondary N) is 1. The van der Waals surface area contributed by atoms with Gasteiger partial charge in [0, 0.05) is 12.0 Å². The largest absolute Gasteiger partial charge is 0.404 e. The van der Waals surface area contributed by atoms with Crippen LogP contribution in [0.4, 0.5) is 0 Å². The predicted molar refractivity (Wildman–Crippen MR) is 97.8 cm³/mol. The second kappa shape index (κ2) is 7.74. The molecule has 0 amide bonds. The number of hydrogen-bond donors (Lipinski definition) is 2. The van der Waals surface area contributed by atoms with E-state index in [4.69, 9.17) is 5.73 Å². The topological polar surface area (TPSA) is 98.2 Å². The van der Waals surface area contributed by atoms with Crippen LogP contribution in [0.5, 0.6) is 0 Å². The Labute approximate surface area is 146 Å². The van der Waals surface area contributed by atoms with Crippen LogP contribution in [-0.4, -0.2) is 33.2 Å². The monoisotopic (exact) mass is 338 g/mol. The molecule has 130 valence electrons. The molecule has 7 heteroatoms. The number of para-hydroxylation sites is 1. The molecule has 3 rings (SSSR count). The molecule has 1 aromatic heterocycles. The minimum atomic E-state index is 0.187. The molecule has 0 spiro atoms. The second-order valence-electron chi connectivity index (χ2n) is 6.16. The van der Waals surface area contributed by atoms with Gasteiger partial charge in [-0.3, -0.25) is 0 Å². The quantitative estimate of drug-likeness (QED) is 0.493. The lowest BCUT2D eigenvalue weighted by molar-refractivity contribution is -0.111. The summed E-state index contributed by atoms with van der Waals surface area (Å²) in [5.41, 5.74) is 7.19. The van der Waals surface area contributed by atoms with E-state index in [1.165, 1.54) is 6.20 Å². The number of nitrogens with zero attached hydrogens (tertiary/aromatic N) is 4. The smallest absolute Gasteiger partial charge is 0.159 e. The molecule has 1 heterocycles. The van der Waals surface area contributed by atoms with E-state index < -0.39 is 0 Å². The van der Waals surface area contributed by atoms with Gasteiger partial charge in [-0.2, -0.15) is 4.68 Å². The summed E-state index contributed by atoms with van der Waals surface area (Å²) in [5, 5.41) is 11.6. The first kappa shape index (κ1) is 16.9. The molecule has 0 bridgehead atoms.